The second-order valence-electron chi connectivity index (χ2n) is 6.35. The van der Waals surface area contributed by atoms with Crippen molar-refractivity contribution in [3.8, 4) is 0 Å². The van der Waals surface area contributed by atoms with Crippen LogP contribution in [-0.4, -0.2) is 65.7 Å². The van der Waals surface area contributed by atoms with Gasteiger partial charge < -0.3 is 9.88 Å². The Morgan fingerprint density at radius 3 is 2.67 bits per heavy atom. The molecule has 0 bridgehead atoms. The van der Waals surface area contributed by atoms with E-state index in [1.807, 2.05) is 6.20 Å². The molecule has 6 heteroatoms. The lowest BCUT2D eigenvalue weighted by Gasteiger charge is -2.40. The number of nitrogens with zero attached hydrogens (tertiary/aromatic N) is 4. The minimum atomic E-state index is 0. The fourth-order valence-electron chi connectivity index (χ4n) is 3.50. The molecule has 0 spiro atoms. The number of halogens is 1. The van der Waals surface area contributed by atoms with Gasteiger partial charge in [0.05, 0.1) is 6.04 Å². The van der Waals surface area contributed by atoms with Crippen LogP contribution in [0.3, 0.4) is 0 Å². The van der Waals surface area contributed by atoms with Crippen molar-refractivity contribution in [1.29, 1.82) is 0 Å². The fourth-order valence-corrected chi connectivity index (χ4v) is 3.50. The molecule has 0 amide bonds. The van der Waals surface area contributed by atoms with Crippen molar-refractivity contribution in [2.24, 2.45) is 13.0 Å². The van der Waals surface area contributed by atoms with Crippen LogP contribution in [0.1, 0.15) is 24.7 Å². The van der Waals surface area contributed by atoms with Crippen LogP contribution >= 0.6 is 12.4 Å². The van der Waals surface area contributed by atoms with Crippen LogP contribution in [-0.2, 0) is 7.05 Å². The lowest BCUT2D eigenvalue weighted by atomic mass is 9.97. The third-order valence-corrected chi connectivity index (χ3v) is 4.86. The van der Waals surface area contributed by atoms with Gasteiger partial charge in [-0.15, -0.1) is 12.4 Å². The van der Waals surface area contributed by atoms with E-state index in [-0.39, 0.29) is 12.4 Å². The highest BCUT2D eigenvalue weighted by Crippen LogP contribution is 2.24. The summed E-state index contributed by atoms with van der Waals surface area (Å²) in [6, 6.07) is 0.436. The molecular formula is C15H28ClN5. The molecule has 0 radical (unpaired) electrons. The van der Waals surface area contributed by atoms with Gasteiger partial charge in [-0.3, -0.25) is 9.80 Å². The lowest BCUT2D eigenvalue weighted by Crippen LogP contribution is -2.49. The van der Waals surface area contributed by atoms with E-state index in [1.54, 1.807) is 0 Å². The summed E-state index contributed by atoms with van der Waals surface area (Å²) in [4.78, 5) is 9.65. The van der Waals surface area contributed by atoms with Crippen LogP contribution in [0.4, 0.5) is 0 Å². The van der Waals surface area contributed by atoms with E-state index >= 15 is 0 Å². The summed E-state index contributed by atoms with van der Waals surface area (Å²) in [6.45, 7) is 7.11. The predicted octanol–water partition coefficient (Wildman–Crippen LogP) is 1.13. The van der Waals surface area contributed by atoms with Gasteiger partial charge in [0.15, 0.2) is 0 Å². The van der Waals surface area contributed by atoms with Gasteiger partial charge in [-0.2, -0.15) is 0 Å². The molecule has 1 unspecified atom stereocenters. The van der Waals surface area contributed by atoms with Crippen molar-refractivity contribution >= 4 is 12.4 Å². The Hall–Kier alpha value is -0.620. The van der Waals surface area contributed by atoms with Crippen LogP contribution < -0.4 is 5.32 Å². The molecule has 2 saturated heterocycles. The Balaban J connectivity index is 0.00000161. The Kier molecular flexibility index (Phi) is 6.05. The van der Waals surface area contributed by atoms with Gasteiger partial charge in [-0.05, 0) is 38.9 Å². The summed E-state index contributed by atoms with van der Waals surface area (Å²) >= 11 is 0. The normalized spacial score (nSPS) is 25.7. The molecule has 1 N–H and O–H groups in total. The standard InChI is InChI=1S/C15H27N5.ClH/c1-18-9-10-20(11-13-3-5-16-6-4-13)12-14(18)15-17-7-8-19(15)2;/h7-8,13-14,16H,3-6,9-12H2,1-2H3;1H. The van der Waals surface area contributed by atoms with E-state index in [4.69, 9.17) is 0 Å². The van der Waals surface area contributed by atoms with E-state index < -0.39 is 0 Å². The van der Waals surface area contributed by atoms with Crippen LogP contribution in [0.25, 0.3) is 0 Å². The lowest BCUT2D eigenvalue weighted by molar-refractivity contribution is 0.0735. The molecule has 2 aliphatic rings. The molecular weight excluding hydrogens is 286 g/mol. The Morgan fingerprint density at radius 1 is 1.24 bits per heavy atom. The fraction of sp³-hybridized carbons (Fsp3) is 0.800. The number of hydrogen-bond acceptors (Lipinski definition) is 4. The average molecular weight is 314 g/mol. The zero-order valence-electron chi connectivity index (χ0n) is 13.2. The van der Waals surface area contributed by atoms with Crippen LogP contribution in [0, 0.1) is 5.92 Å². The van der Waals surface area contributed by atoms with Gasteiger partial charge in [0.25, 0.3) is 0 Å². The summed E-state index contributed by atoms with van der Waals surface area (Å²) in [6.07, 6.45) is 6.63. The topological polar surface area (TPSA) is 36.3 Å². The molecule has 1 atom stereocenters. The van der Waals surface area contributed by atoms with Gasteiger partial charge in [0, 0.05) is 45.6 Å². The number of piperazine rings is 1. The monoisotopic (exact) mass is 313 g/mol. The van der Waals surface area contributed by atoms with Crippen LogP contribution in [0.2, 0.25) is 0 Å². The molecule has 1 aromatic rings. The first-order chi connectivity index (χ1) is 9.74. The molecule has 120 valence electrons. The summed E-state index contributed by atoms with van der Waals surface area (Å²) in [5, 5.41) is 3.46. The van der Waals surface area contributed by atoms with Gasteiger partial charge in [0.1, 0.15) is 5.82 Å². The highest BCUT2D eigenvalue weighted by molar-refractivity contribution is 5.85. The number of likely N-dealkylation sites (N-methyl/N-ethyl adjacent to an activating group) is 1. The van der Waals surface area contributed by atoms with E-state index in [1.165, 1.54) is 44.8 Å². The van der Waals surface area contributed by atoms with Crippen molar-refractivity contribution in [1.82, 2.24) is 24.7 Å². The SMILES string of the molecule is CN1CCN(CC2CCNCC2)CC1c1nccn1C.Cl. The number of aromatic nitrogens is 2. The number of rotatable bonds is 3. The molecule has 3 rings (SSSR count). The number of hydrogen-bond donors (Lipinski definition) is 1. The van der Waals surface area contributed by atoms with Crippen molar-refractivity contribution in [2.45, 2.75) is 18.9 Å². The zero-order chi connectivity index (χ0) is 13.9. The summed E-state index contributed by atoms with van der Waals surface area (Å²) in [5.41, 5.74) is 0. The molecule has 0 aliphatic carbocycles. The van der Waals surface area contributed by atoms with Crippen LogP contribution in [0.15, 0.2) is 12.4 Å². The summed E-state index contributed by atoms with van der Waals surface area (Å²) in [7, 11) is 4.32. The molecule has 5 nitrogen and oxygen atoms in total. The maximum atomic E-state index is 4.56. The largest absolute Gasteiger partial charge is 0.337 e. The molecule has 2 aliphatic heterocycles. The highest BCUT2D eigenvalue weighted by Gasteiger charge is 2.29. The number of imidazole rings is 1. The second kappa shape index (κ2) is 7.58. The molecule has 3 heterocycles. The number of aryl methyl sites for hydroxylation is 1. The zero-order valence-corrected chi connectivity index (χ0v) is 14.0. The molecule has 1 aromatic heterocycles. The van der Waals surface area contributed by atoms with Crippen molar-refractivity contribution in [3.63, 3.8) is 0 Å². The first-order valence-electron chi connectivity index (χ1n) is 7.84. The molecule has 2 fully saturated rings. The predicted molar refractivity (Wildman–Crippen MR) is 87.9 cm³/mol. The minimum Gasteiger partial charge on any atom is -0.337 e. The maximum Gasteiger partial charge on any atom is 0.127 e. The Morgan fingerprint density at radius 2 is 2.00 bits per heavy atom. The van der Waals surface area contributed by atoms with E-state index in [9.17, 15) is 0 Å². The van der Waals surface area contributed by atoms with E-state index in [0.717, 1.165) is 19.0 Å². The minimum absolute atomic E-state index is 0. The number of piperidine rings is 1. The first-order valence-corrected chi connectivity index (χ1v) is 7.84. The number of nitrogens with one attached hydrogen (secondary N) is 1. The molecule has 21 heavy (non-hydrogen) atoms. The van der Waals surface area contributed by atoms with Gasteiger partial charge in [-0.1, -0.05) is 0 Å². The molecule has 0 aromatic carbocycles. The van der Waals surface area contributed by atoms with E-state index in [2.05, 4.69) is 45.0 Å². The van der Waals surface area contributed by atoms with Crippen molar-refractivity contribution < 1.29 is 0 Å². The van der Waals surface area contributed by atoms with Gasteiger partial charge in [0.2, 0.25) is 0 Å². The van der Waals surface area contributed by atoms with Crippen molar-refractivity contribution in [2.75, 3.05) is 46.3 Å². The first kappa shape index (κ1) is 16.7. The average Bonchev–Trinajstić information content (AvgIpc) is 2.88. The van der Waals surface area contributed by atoms with Crippen molar-refractivity contribution in [3.05, 3.63) is 18.2 Å². The third kappa shape index (κ3) is 3.97. The van der Waals surface area contributed by atoms with Gasteiger partial charge in [-0.25, -0.2) is 4.98 Å². The van der Waals surface area contributed by atoms with Crippen LogP contribution in [0.5, 0.6) is 0 Å². The summed E-state index contributed by atoms with van der Waals surface area (Å²) in [5.74, 6) is 2.07. The Labute approximate surface area is 134 Å². The maximum absolute atomic E-state index is 4.56. The third-order valence-electron chi connectivity index (χ3n) is 4.86. The smallest absolute Gasteiger partial charge is 0.127 e. The molecule has 0 saturated carbocycles. The quantitative estimate of drug-likeness (QED) is 0.907. The second-order valence-corrected chi connectivity index (χ2v) is 6.35. The highest BCUT2D eigenvalue weighted by atomic mass is 35.5. The van der Waals surface area contributed by atoms with E-state index in [0.29, 0.717) is 6.04 Å². The Bertz CT molecular complexity index is 429. The van der Waals surface area contributed by atoms with Gasteiger partial charge >= 0.3 is 0 Å². The summed E-state index contributed by atoms with van der Waals surface area (Å²) < 4.78 is 2.16.